The fourth-order valence-corrected chi connectivity index (χ4v) is 1.98. The Morgan fingerprint density at radius 1 is 1.60 bits per heavy atom. The largest absolute Gasteiger partial charge is 0.465 e. The van der Waals surface area contributed by atoms with Crippen molar-refractivity contribution >= 4 is 5.97 Å². The lowest BCUT2D eigenvalue weighted by Gasteiger charge is -2.20. The molecule has 0 spiro atoms. The molecule has 0 aromatic rings. The third-order valence-corrected chi connectivity index (χ3v) is 3.01. The van der Waals surface area contributed by atoms with Crippen LogP contribution in [0.25, 0.3) is 0 Å². The summed E-state index contributed by atoms with van der Waals surface area (Å²) in [6.07, 6.45) is 3.95. The molecule has 1 aliphatic rings. The van der Waals surface area contributed by atoms with E-state index in [9.17, 15) is 9.90 Å². The summed E-state index contributed by atoms with van der Waals surface area (Å²) in [6.45, 7) is 2.47. The van der Waals surface area contributed by atoms with Crippen LogP contribution in [0.5, 0.6) is 0 Å². The van der Waals surface area contributed by atoms with Crippen LogP contribution in [0.2, 0.25) is 0 Å². The van der Waals surface area contributed by atoms with Crippen molar-refractivity contribution in [2.45, 2.75) is 51.2 Å². The van der Waals surface area contributed by atoms with Crippen molar-refractivity contribution in [2.75, 3.05) is 6.61 Å². The highest BCUT2D eigenvalue weighted by Gasteiger charge is 2.34. The summed E-state index contributed by atoms with van der Waals surface area (Å²) in [6, 6.07) is -0.653. The van der Waals surface area contributed by atoms with Gasteiger partial charge in [0, 0.05) is 5.92 Å². The number of hydrogen-bond donors (Lipinski definition) is 2. The summed E-state index contributed by atoms with van der Waals surface area (Å²) >= 11 is 0. The number of aliphatic hydroxyl groups excluding tert-OH is 1. The number of aliphatic hydroxyl groups is 1. The van der Waals surface area contributed by atoms with E-state index >= 15 is 0 Å². The molecular formula is C11H21NO3. The molecule has 4 heteroatoms. The third-order valence-electron chi connectivity index (χ3n) is 3.01. The van der Waals surface area contributed by atoms with Gasteiger partial charge in [0.05, 0.1) is 12.7 Å². The normalized spacial score (nSPS) is 27.7. The van der Waals surface area contributed by atoms with E-state index in [2.05, 4.69) is 0 Å². The minimum atomic E-state index is -0.653. The Labute approximate surface area is 90.8 Å². The molecule has 88 valence electrons. The standard InChI is InChI=1S/C11H21NO3/c1-2-3-7-15-11(14)10(12)8-5-4-6-9(8)13/h8-10,13H,2-7,12H2,1H3/t8-,9-,10?/m0/s1. The minimum Gasteiger partial charge on any atom is -0.465 e. The first-order chi connectivity index (χ1) is 7.16. The van der Waals surface area contributed by atoms with Crippen molar-refractivity contribution in [3.05, 3.63) is 0 Å². The molecule has 15 heavy (non-hydrogen) atoms. The number of esters is 1. The fourth-order valence-electron chi connectivity index (χ4n) is 1.98. The monoisotopic (exact) mass is 215 g/mol. The van der Waals surface area contributed by atoms with Crippen LogP contribution in [0.15, 0.2) is 0 Å². The number of nitrogens with two attached hydrogens (primary N) is 1. The van der Waals surface area contributed by atoms with Gasteiger partial charge in [-0.15, -0.1) is 0 Å². The lowest BCUT2D eigenvalue weighted by Crippen LogP contribution is -2.42. The van der Waals surface area contributed by atoms with E-state index in [0.29, 0.717) is 6.61 Å². The highest BCUT2D eigenvalue weighted by atomic mass is 16.5. The molecule has 0 amide bonds. The quantitative estimate of drug-likeness (QED) is 0.526. The van der Waals surface area contributed by atoms with Crippen LogP contribution in [0, 0.1) is 5.92 Å². The number of rotatable bonds is 5. The molecule has 0 heterocycles. The molecule has 4 nitrogen and oxygen atoms in total. The Morgan fingerprint density at radius 2 is 2.33 bits per heavy atom. The van der Waals surface area contributed by atoms with Crippen LogP contribution in [0.4, 0.5) is 0 Å². The number of hydrogen-bond acceptors (Lipinski definition) is 4. The van der Waals surface area contributed by atoms with E-state index in [-0.39, 0.29) is 11.9 Å². The molecule has 0 aromatic carbocycles. The molecule has 1 rings (SSSR count). The maximum atomic E-state index is 11.5. The van der Waals surface area contributed by atoms with Crippen LogP contribution >= 0.6 is 0 Å². The summed E-state index contributed by atoms with van der Waals surface area (Å²) in [7, 11) is 0. The topological polar surface area (TPSA) is 72.5 Å². The lowest BCUT2D eigenvalue weighted by atomic mass is 9.97. The Balaban J connectivity index is 2.31. The second-order valence-electron chi connectivity index (χ2n) is 4.21. The molecule has 3 atom stereocenters. The molecule has 0 saturated heterocycles. The lowest BCUT2D eigenvalue weighted by molar-refractivity contribution is -0.147. The SMILES string of the molecule is CCCCOC(=O)C(N)[C@H]1CCC[C@@H]1O. The molecular weight excluding hydrogens is 194 g/mol. The smallest absolute Gasteiger partial charge is 0.323 e. The van der Waals surface area contributed by atoms with Gasteiger partial charge >= 0.3 is 5.97 Å². The predicted octanol–water partition coefficient (Wildman–Crippen LogP) is 0.818. The first-order valence-electron chi connectivity index (χ1n) is 5.77. The Hall–Kier alpha value is -0.610. The van der Waals surface area contributed by atoms with Crippen molar-refractivity contribution in [3.8, 4) is 0 Å². The first kappa shape index (κ1) is 12.5. The van der Waals surface area contributed by atoms with Crippen molar-refractivity contribution in [1.82, 2.24) is 0 Å². The van der Waals surface area contributed by atoms with E-state index in [1.54, 1.807) is 0 Å². The maximum absolute atomic E-state index is 11.5. The van der Waals surface area contributed by atoms with Crippen LogP contribution in [-0.4, -0.2) is 29.8 Å². The van der Waals surface area contributed by atoms with Gasteiger partial charge in [-0.1, -0.05) is 19.8 Å². The Bertz CT molecular complexity index is 208. The van der Waals surface area contributed by atoms with Gasteiger partial charge in [0.2, 0.25) is 0 Å². The van der Waals surface area contributed by atoms with Crippen molar-refractivity contribution in [3.63, 3.8) is 0 Å². The van der Waals surface area contributed by atoms with Crippen LogP contribution in [0.1, 0.15) is 39.0 Å². The summed E-state index contributed by atoms with van der Waals surface area (Å²) < 4.78 is 5.03. The molecule has 1 fully saturated rings. The zero-order chi connectivity index (χ0) is 11.3. The number of unbranched alkanes of at least 4 members (excludes halogenated alkanes) is 1. The van der Waals surface area contributed by atoms with Gasteiger partial charge in [-0.25, -0.2) is 0 Å². The van der Waals surface area contributed by atoms with Gasteiger partial charge in [0.25, 0.3) is 0 Å². The van der Waals surface area contributed by atoms with Gasteiger partial charge in [0.1, 0.15) is 6.04 Å². The molecule has 0 aliphatic heterocycles. The van der Waals surface area contributed by atoms with E-state index in [1.807, 2.05) is 6.92 Å². The van der Waals surface area contributed by atoms with E-state index in [0.717, 1.165) is 32.1 Å². The van der Waals surface area contributed by atoms with Crippen molar-refractivity contribution < 1.29 is 14.6 Å². The summed E-state index contributed by atoms with van der Waals surface area (Å²) in [4.78, 5) is 11.5. The Morgan fingerprint density at radius 3 is 2.87 bits per heavy atom. The zero-order valence-corrected chi connectivity index (χ0v) is 9.32. The average molecular weight is 215 g/mol. The Kier molecular flexibility index (Phi) is 5.05. The molecule has 1 unspecified atom stereocenters. The van der Waals surface area contributed by atoms with Gasteiger partial charge in [-0.3, -0.25) is 4.79 Å². The van der Waals surface area contributed by atoms with Gasteiger partial charge in [-0.05, 0) is 19.3 Å². The predicted molar refractivity (Wildman–Crippen MR) is 57.2 cm³/mol. The fraction of sp³-hybridized carbons (Fsp3) is 0.909. The number of carbonyl (C=O) groups is 1. The van der Waals surface area contributed by atoms with Gasteiger partial charge in [0.15, 0.2) is 0 Å². The summed E-state index contributed by atoms with van der Waals surface area (Å²) in [5, 5.41) is 9.59. The minimum absolute atomic E-state index is 0.112. The van der Waals surface area contributed by atoms with Crippen molar-refractivity contribution in [2.24, 2.45) is 11.7 Å². The van der Waals surface area contributed by atoms with Gasteiger partial charge < -0.3 is 15.6 Å². The third kappa shape index (κ3) is 3.47. The summed E-state index contributed by atoms with van der Waals surface area (Å²) in [5.41, 5.74) is 5.76. The molecule has 0 aromatic heterocycles. The van der Waals surface area contributed by atoms with Crippen LogP contribution in [0.3, 0.4) is 0 Å². The van der Waals surface area contributed by atoms with E-state index in [1.165, 1.54) is 0 Å². The maximum Gasteiger partial charge on any atom is 0.323 e. The van der Waals surface area contributed by atoms with Gasteiger partial charge in [-0.2, -0.15) is 0 Å². The van der Waals surface area contributed by atoms with Crippen LogP contribution in [-0.2, 0) is 9.53 Å². The molecule has 3 N–H and O–H groups in total. The first-order valence-corrected chi connectivity index (χ1v) is 5.77. The molecule has 1 saturated carbocycles. The zero-order valence-electron chi connectivity index (χ0n) is 9.32. The molecule has 0 bridgehead atoms. The second-order valence-corrected chi connectivity index (χ2v) is 4.21. The second kappa shape index (κ2) is 6.08. The molecule has 0 radical (unpaired) electrons. The highest BCUT2D eigenvalue weighted by molar-refractivity contribution is 5.76. The number of carbonyl (C=O) groups excluding carboxylic acids is 1. The van der Waals surface area contributed by atoms with Crippen molar-refractivity contribution in [1.29, 1.82) is 0 Å². The van der Waals surface area contributed by atoms with Crippen LogP contribution < -0.4 is 5.73 Å². The number of ether oxygens (including phenoxy) is 1. The highest BCUT2D eigenvalue weighted by Crippen LogP contribution is 2.27. The van der Waals surface area contributed by atoms with E-state index < -0.39 is 12.1 Å². The summed E-state index contributed by atoms with van der Waals surface area (Å²) in [5.74, 6) is -0.478. The average Bonchev–Trinajstić information content (AvgIpc) is 2.63. The molecule has 1 aliphatic carbocycles. The van der Waals surface area contributed by atoms with E-state index in [4.69, 9.17) is 10.5 Å².